The second kappa shape index (κ2) is 11.5. The molecule has 0 aromatic heterocycles. The molecule has 0 atom stereocenters. The summed E-state index contributed by atoms with van der Waals surface area (Å²) in [4.78, 5) is 12.1. The third-order valence-electron chi connectivity index (χ3n) is 3.98. The number of benzene rings is 2. The molecule has 0 aliphatic rings. The summed E-state index contributed by atoms with van der Waals surface area (Å²) in [6.45, 7) is 4.98. The van der Waals surface area contributed by atoms with Crippen molar-refractivity contribution in [3.8, 4) is 17.6 Å². The van der Waals surface area contributed by atoms with Crippen molar-refractivity contribution in [2.24, 2.45) is 0 Å². The maximum absolute atomic E-state index is 12.1. The largest absolute Gasteiger partial charge is 0.493 e. The van der Waals surface area contributed by atoms with Crippen LogP contribution in [0.3, 0.4) is 0 Å². The zero-order chi connectivity index (χ0) is 21.1. The minimum atomic E-state index is -0.194. The molecular weight excluding hydrogens is 368 g/mol. The molecule has 0 heterocycles. The summed E-state index contributed by atoms with van der Waals surface area (Å²) in [5.74, 6) is 0.795. The second-order valence-corrected chi connectivity index (χ2v) is 6.58. The molecule has 1 amide bonds. The maximum Gasteiger partial charge on any atom is 0.244 e. The number of nitriles is 1. The summed E-state index contributed by atoms with van der Waals surface area (Å²) in [7, 11) is 1.52. The van der Waals surface area contributed by atoms with Crippen LogP contribution in [0.1, 0.15) is 30.5 Å². The summed E-state index contributed by atoms with van der Waals surface area (Å²) < 4.78 is 16.1. The molecule has 0 unspecified atom stereocenters. The van der Waals surface area contributed by atoms with E-state index in [1.54, 1.807) is 24.3 Å². The summed E-state index contributed by atoms with van der Waals surface area (Å²) in [6, 6.07) is 15.1. The second-order valence-electron chi connectivity index (χ2n) is 6.58. The smallest absolute Gasteiger partial charge is 0.244 e. The standard InChI is InChI=1S/C23H26N2O4/c1-17(2)29-16-20-6-4-19(5-7-20)15-25-23(26)11-9-18-8-10-21(28-13-12-24)22(14-18)27-3/h4-11,14,17H,13,15-16H2,1-3H3,(H,25,26)/b11-9+. The van der Waals surface area contributed by atoms with Crippen LogP contribution in [0.5, 0.6) is 11.5 Å². The predicted octanol–water partition coefficient (Wildman–Crippen LogP) is 3.85. The summed E-state index contributed by atoms with van der Waals surface area (Å²) >= 11 is 0. The Hall–Kier alpha value is -3.30. The van der Waals surface area contributed by atoms with Gasteiger partial charge in [-0.1, -0.05) is 30.3 Å². The van der Waals surface area contributed by atoms with E-state index in [9.17, 15) is 4.79 Å². The van der Waals surface area contributed by atoms with Crippen LogP contribution in [-0.2, 0) is 22.7 Å². The molecule has 0 saturated heterocycles. The Morgan fingerprint density at radius 2 is 1.86 bits per heavy atom. The van der Waals surface area contributed by atoms with Gasteiger partial charge in [-0.3, -0.25) is 4.79 Å². The van der Waals surface area contributed by atoms with E-state index in [1.807, 2.05) is 44.2 Å². The molecule has 0 bridgehead atoms. The van der Waals surface area contributed by atoms with Crippen molar-refractivity contribution in [3.63, 3.8) is 0 Å². The van der Waals surface area contributed by atoms with Gasteiger partial charge in [-0.15, -0.1) is 0 Å². The van der Waals surface area contributed by atoms with E-state index in [1.165, 1.54) is 13.2 Å². The van der Waals surface area contributed by atoms with Crippen molar-refractivity contribution in [1.29, 1.82) is 5.26 Å². The van der Waals surface area contributed by atoms with Gasteiger partial charge in [0.1, 0.15) is 6.07 Å². The highest BCUT2D eigenvalue weighted by atomic mass is 16.5. The lowest BCUT2D eigenvalue weighted by molar-refractivity contribution is -0.116. The fourth-order valence-corrected chi connectivity index (χ4v) is 2.45. The van der Waals surface area contributed by atoms with Gasteiger partial charge in [0, 0.05) is 12.6 Å². The lowest BCUT2D eigenvalue weighted by Gasteiger charge is -2.09. The van der Waals surface area contributed by atoms with Crippen LogP contribution < -0.4 is 14.8 Å². The minimum Gasteiger partial charge on any atom is -0.493 e. The first-order valence-corrected chi connectivity index (χ1v) is 9.35. The Morgan fingerprint density at radius 1 is 1.14 bits per heavy atom. The van der Waals surface area contributed by atoms with E-state index >= 15 is 0 Å². The van der Waals surface area contributed by atoms with Crippen LogP contribution in [0.2, 0.25) is 0 Å². The number of ether oxygens (including phenoxy) is 3. The molecule has 6 heteroatoms. The lowest BCUT2D eigenvalue weighted by Crippen LogP contribution is -2.20. The van der Waals surface area contributed by atoms with E-state index in [4.69, 9.17) is 19.5 Å². The Morgan fingerprint density at radius 3 is 2.52 bits per heavy atom. The molecule has 152 valence electrons. The number of amides is 1. The van der Waals surface area contributed by atoms with Gasteiger partial charge >= 0.3 is 0 Å². The third-order valence-corrected chi connectivity index (χ3v) is 3.98. The van der Waals surface area contributed by atoms with Crippen LogP contribution in [0, 0.1) is 11.3 Å². The van der Waals surface area contributed by atoms with Gasteiger partial charge in [0.05, 0.1) is 19.8 Å². The van der Waals surface area contributed by atoms with Gasteiger partial charge in [0.25, 0.3) is 0 Å². The molecule has 6 nitrogen and oxygen atoms in total. The van der Waals surface area contributed by atoms with Gasteiger partial charge in [0.15, 0.2) is 18.1 Å². The van der Waals surface area contributed by atoms with Crippen LogP contribution in [0.15, 0.2) is 48.5 Å². The number of methoxy groups -OCH3 is 1. The highest BCUT2D eigenvalue weighted by Gasteiger charge is 2.05. The number of carbonyl (C=O) groups excluding carboxylic acids is 1. The average molecular weight is 394 g/mol. The molecule has 1 N–H and O–H groups in total. The number of hydrogen-bond acceptors (Lipinski definition) is 5. The number of hydrogen-bond donors (Lipinski definition) is 1. The summed E-state index contributed by atoms with van der Waals surface area (Å²) in [6.07, 6.45) is 3.36. The van der Waals surface area contributed by atoms with E-state index in [2.05, 4.69) is 5.32 Å². The van der Waals surface area contributed by atoms with Gasteiger partial charge in [0.2, 0.25) is 5.91 Å². The zero-order valence-corrected chi connectivity index (χ0v) is 17.0. The first-order valence-electron chi connectivity index (χ1n) is 9.35. The van der Waals surface area contributed by atoms with E-state index in [0.29, 0.717) is 24.7 Å². The predicted molar refractivity (Wildman–Crippen MR) is 111 cm³/mol. The minimum absolute atomic E-state index is 0.0559. The monoisotopic (exact) mass is 394 g/mol. The molecule has 29 heavy (non-hydrogen) atoms. The van der Waals surface area contributed by atoms with Crippen molar-refractivity contribution in [1.82, 2.24) is 5.32 Å². The number of rotatable bonds is 10. The van der Waals surface area contributed by atoms with Crippen LogP contribution in [-0.4, -0.2) is 25.7 Å². The zero-order valence-electron chi connectivity index (χ0n) is 17.0. The molecule has 2 aromatic carbocycles. The molecular formula is C23H26N2O4. The van der Waals surface area contributed by atoms with Crippen LogP contribution >= 0.6 is 0 Å². The van der Waals surface area contributed by atoms with Crippen LogP contribution in [0.4, 0.5) is 0 Å². The quantitative estimate of drug-likeness (QED) is 0.619. The topological polar surface area (TPSA) is 80.6 Å². The fraction of sp³-hybridized carbons (Fsp3) is 0.304. The van der Waals surface area contributed by atoms with E-state index < -0.39 is 0 Å². The van der Waals surface area contributed by atoms with E-state index in [-0.39, 0.29) is 18.6 Å². The fourth-order valence-electron chi connectivity index (χ4n) is 2.45. The SMILES string of the molecule is COc1cc(/C=C/C(=O)NCc2ccc(COC(C)C)cc2)ccc1OCC#N. The van der Waals surface area contributed by atoms with Gasteiger partial charge in [-0.05, 0) is 48.7 Å². The summed E-state index contributed by atoms with van der Waals surface area (Å²) in [5, 5.41) is 11.5. The highest BCUT2D eigenvalue weighted by molar-refractivity contribution is 5.91. The Balaban J connectivity index is 1.87. The van der Waals surface area contributed by atoms with E-state index in [0.717, 1.165) is 16.7 Å². The number of carbonyl (C=O) groups is 1. The van der Waals surface area contributed by atoms with Gasteiger partial charge < -0.3 is 19.5 Å². The highest BCUT2D eigenvalue weighted by Crippen LogP contribution is 2.28. The molecule has 2 rings (SSSR count). The molecule has 0 saturated carbocycles. The molecule has 0 aliphatic heterocycles. The molecule has 2 aromatic rings. The normalized spacial score (nSPS) is 10.7. The van der Waals surface area contributed by atoms with Crippen LogP contribution in [0.25, 0.3) is 6.08 Å². The molecule has 0 radical (unpaired) electrons. The Labute approximate surface area is 171 Å². The van der Waals surface area contributed by atoms with Crippen molar-refractivity contribution in [3.05, 3.63) is 65.2 Å². The van der Waals surface area contributed by atoms with Crippen molar-refractivity contribution in [2.75, 3.05) is 13.7 Å². The maximum atomic E-state index is 12.1. The Bertz CT molecular complexity index is 867. The first kappa shape index (κ1) is 22.0. The lowest BCUT2D eigenvalue weighted by atomic mass is 10.1. The number of nitrogens with zero attached hydrogens (tertiary/aromatic N) is 1. The summed E-state index contributed by atoms with van der Waals surface area (Å²) in [5.41, 5.74) is 2.90. The van der Waals surface area contributed by atoms with Gasteiger partial charge in [-0.2, -0.15) is 5.26 Å². The molecule has 0 fully saturated rings. The Kier molecular flexibility index (Phi) is 8.74. The third kappa shape index (κ3) is 7.68. The molecule has 0 aliphatic carbocycles. The van der Waals surface area contributed by atoms with Crippen molar-refractivity contribution in [2.45, 2.75) is 33.1 Å². The van der Waals surface area contributed by atoms with Gasteiger partial charge in [-0.25, -0.2) is 0 Å². The van der Waals surface area contributed by atoms with Crippen molar-refractivity contribution < 1.29 is 19.0 Å². The average Bonchev–Trinajstić information content (AvgIpc) is 2.74. The number of nitrogens with one attached hydrogen (secondary N) is 1. The molecule has 0 spiro atoms. The first-order chi connectivity index (χ1) is 14.0. The van der Waals surface area contributed by atoms with Crippen molar-refractivity contribution >= 4 is 12.0 Å².